The Morgan fingerprint density at radius 3 is 2.38 bits per heavy atom. The van der Waals surface area contributed by atoms with Crippen molar-refractivity contribution in [2.75, 3.05) is 37.6 Å². The second kappa shape index (κ2) is 8.95. The molecule has 1 rings (SSSR count). The van der Waals surface area contributed by atoms with E-state index in [4.69, 9.17) is 18.0 Å². The first kappa shape index (κ1) is 17.9. The van der Waals surface area contributed by atoms with Gasteiger partial charge in [0.05, 0.1) is 5.56 Å². The third-order valence-electron chi connectivity index (χ3n) is 3.86. The van der Waals surface area contributed by atoms with E-state index >= 15 is 0 Å². The smallest absolute Gasteiger partial charge is 0.139 e. The molecule has 1 heterocycles. The van der Waals surface area contributed by atoms with E-state index in [2.05, 4.69) is 35.6 Å². The number of rotatable bonds is 9. The summed E-state index contributed by atoms with van der Waals surface area (Å²) in [5, 5.41) is 0. The molecule has 2 N–H and O–H groups in total. The summed E-state index contributed by atoms with van der Waals surface area (Å²) < 4.78 is 0. The first-order chi connectivity index (χ1) is 10.0. The van der Waals surface area contributed by atoms with Crippen LogP contribution in [0.3, 0.4) is 0 Å². The Morgan fingerprint density at radius 2 is 1.86 bits per heavy atom. The molecule has 0 aliphatic rings. The van der Waals surface area contributed by atoms with Crippen molar-refractivity contribution in [2.45, 2.75) is 34.1 Å². The van der Waals surface area contributed by atoms with Crippen molar-refractivity contribution in [3.05, 3.63) is 23.4 Å². The van der Waals surface area contributed by atoms with E-state index in [1.54, 1.807) is 0 Å². The maximum atomic E-state index is 5.88. The zero-order chi connectivity index (χ0) is 15.8. The fourth-order valence-corrected chi connectivity index (χ4v) is 2.78. The molecule has 0 spiro atoms. The molecule has 0 atom stereocenters. The van der Waals surface area contributed by atoms with Crippen LogP contribution in [0, 0.1) is 6.92 Å². The highest BCUT2D eigenvalue weighted by atomic mass is 32.1. The highest BCUT2D eigenvalue weighted by Gasteiger charge is 2.15. The van der Waals surface area contributed by atoms with Crippen LogP contribution < -0.4 is 10.6 Å². The van der Waals surface area contributed by atoms with Gasteiger partial charge in [-0.25, -0.2) is 4.98 Å². The average molecular weight is 308 g/mol. The highest BCUT2D eigenvalue weighted by molar-refractivity contribution is 7.80. The Labute approximate surface area is 134 Å². The standard InChI is InChI=1S/C16H28N4S/c1-5-19(6-2)11-8-12-20(7-3)16-14(15(17)21)13(4)9-10-18-16/h9-10H,5-8,11-12H2,1-4H3,(H2,17,21). The van der Waals surface area contributed by atoms with E-state index in [0.29, 0.717) is 4.99 Å². The molecule has 0 unspecified atom stereocenters. The Morgan fingerprint density at radius 1 is 1.19 bits per heavy atom. The fourth-order valence-electron chi connectivity index (χ4n) is 2.53. The number of anilines is 1. The van der Waals surface area contributed by atoms with Gasteiger partial charge in [-0.15, -0.1) is 0 Å². The monoisotopic (exact) mass is 308 g/mol. The minimum Gasteiger partial charge on any atom is -0.389 e. The number of nitrogens with two attached hydrogens (primary N) is 1. The maximum Gasteiger partial charge on any atom is 0.139 e. The average Bonchev–Trinajstić information content (AvgIpc) is 2.47. The van der Waals surface area contributed by atoms with Crippen LogP contribution in [-0.4, -0.2) is 47.6 Å². The van der Waals surface area contributed by atoms with Crippen LogP contribution in [0.4, 0.5) is 5.82 Å². The summed E-state index contributed by atoms with van der Waals surface area (Å²) in [6.07, 6.45) is 2.95. The molecule has 0 aromatic carbocycles. The molecular weight excluding hydrogens is 280 g/mol. The SMILES string of the molecule is CCN(CC)CCCN(CC)c1nccc(C)c1C(N)=S. The van der Waals surface area contributed by atoms with Crippen LogP contribution in [0.15, 0.2) is 12.3 Å². The van der Waals surface area contributed by atoms with Crippen molar-refractivity contribution in [3.8, 4) is 0 Å². The van der Waals surface area contributed by atoms with Gasteiger partial charge in [0.1, 0.15) is 10.8 Å². The van der Waals surface area contributed by atoms with E-state index in [0.717, 1.165) is 56.1 Å². The third-order valence-corrected chi connectivity index (χ3v) is 4.07. The number of thiocarbonyl (C=S) groups is 1. The number of pyridine rings is 1. The molecule has 0 aliphatic carbocycles. The van der Waals surface area contributed by atoms with E-state index in [1.165, 1.54) is 0 Å². The molecule has 0 saturated heterocycles. The first-order valence-corrected chi connectivity index (χ1v) is 8.18. The largest absolute Gasteiger partial charge is 0.389 e. The zero-order valence-electron chi connectivity index (χ0n) is 13.7. The Balaban J connectivity index is 2.81. The van der Waals surface area contributed by atoms with E-state index in [9.17, 15) is 0 Å². The molecule has 4 nitrogen and oxygen atoms in total. The van der Waals surface area contributed by atoms with Crippen LogP contribution in [0.2, 0.25) is 0 Å². The van der Waals surface area contributed by atoms with Crippen molar-refractivity contribution in [1.82, 2.24) is 9.88 Å². The number of aryl methyl sites for hydroxylation is 1. The second-order valence-electron chi connectivity index (χ2n) is 5.15. The summed E-state index contributed by atoms with van der Waals surface area (Å²) in [5.74, 6) is 0.921. The van der Waals surface area contributed by atoms with Crippen molar-refractivity contribution >= 4 is 23.0 Å². The van der Waals surface area contributed by atoms with Gasteiger partial charge in [0, 0.05) is 19.3 Å². The van der Waals surface area contributed by atoms with Crippen LogP contribution in [0.5, 0.6) is 0 Å². The molecule has 0 amide bonds. The van der Waals surface area contributed by atoms with E-state index < -0.39 is 0 Å². The van der Waals surface area contributed by atoms with E-state index in [1.807, 2.05) is 19.2 Å². The normalized spacial score (nSPS) is 10.9. The molecule has 5 heteroatoms. The van der Waals surface area contributed by atoms with Gasteiger partial charge in [0.2, 0.25) is 0 Å². The Hall–Kier alpha value is -1.20. The lowest BCUT2D eigenvalue weighted by molar-refractivity contribution is 0.300. The number of aromatic nitrogens is 1. The highest BCUT2D eigenvalue weighted by Crippen LogP contribution is 2.21. The minimum absolute atomic E-state index is 0.429. The van der Waals surface area contributed by atoms with Crippen molar-refractivity contribution in [2.24, 2.45) is 5.73 Å². The Bertz CT molecular complexity index is 458. The van der Waals surface area contributed by atoms with E-state index in [-0.39, 0.29) is 0 Å². The molecule has 0 aliphatic heterocycles. The summed E-state index contributed by atoms with van der Waals surface area (Å²) in [4.78, 5) is 9.65. The van der Waals surface area contributed by atoms with Gasteiger partial charge in [0.25, 0.3) is 0 Å². The van der Waals surface area contributed by atoms with Gasteiger partial charge in [-0.2, -0.15) is 0 Å². The molecular formula is C16H28N4S. The number of nitrogens with zero attached hydrogens (tertiary/aromatic N) is 3. The quantitative estimate of drug-likeness (QED) is 0.710. The molecule has 0 bridgehead atoms. The van der Waals surface area contributed by atoms with Crippen LogP contribution >= 0.6 is 12.2 Å². The molecule has 1 aromatic heterocycles. The molecule has 0 radical (unpaired) electrons. The fraction of sp³-hybridized carbons (Fsp3) is 0.625. The molecule has 1 aromatic rings. The van der Waals surface area contributed by atoms with Crippen LogP contribution in [0.25, 0.3) is 0 Å². The van der Waals surface area contributed by atoms with Crippen molar-refractivity contribution in [3.63, 3.8) is 0 Å². The van der Waals surface area contributed by atoms with Crippen LogP contribution in [-0.2, 0) is 0 Å². The zero-order valence-corrected chi connectivity index (χ0v) is 14.5. The molecule has 21 heavy (non-hydrogen) atoms. The summed E-state index contributed by atoms with van der Waals surface area (Å²) in [6, 6.07) is 1.96. The summed E-state index contributed by atoms with van der Waals surface area (Å²) in [6.45, 7) is 13.8. The van der Waals surface area contributed by atoms with Crippen molar-refractivity contribution < 1.29 is 0 Å². The Kier molecular flexibility index (Phi) is 7.61. The minimum atomic E-state index is 0.429. The topological polar surface area (TPSA) is 45.4 Å². The lowest BCUT2D eigenvalue weighted by Crippen LogP contribution is -2.32. The molecule has 0 fully saturated rings. The number of hydrogen-bond acceptors (Lipinski definition) is 4. The van der Waals surface area contributed by atoms with Crippen molar-refractivity contribution in [1.29, 1.82) is 0 Å². The van der Waals surface area contributed by atoms with Gasteiger partial charge in [-0.1, -0.05) is 26.1 Å². The third kappa shape index (κ3) is 4.93. The first-order valence-electron chi connectivity index (χ1n) is 7.77. The lowest BCUT2D eigenvalue weighted by atomic mass is 10.1. The second-order valence-corrected chi connectivity index (χ2v) is 5.59. The van der Waals surface area contributed by atoms with Gasteiger partial charge in [-0.05, 0) is 51.5 Å². The van der Waals surface area contributed by atoms with Gasteiger partial charge in [0.15, 0.2) is 0 Å². The summed E-state index contributed by atoms with van der Waals surface area (Å²) in [5.41, 5.74) is 7.89. The van der Waals surface area contributed by atoms with Gasteiger partial charge < -0.3 is 15.5 Å². The predicted molar refractivity (Wildman–Crippen MR) is 95.2 cm³/mol. The van der Waals surface area contributed by atoms with Crippen LogP contribution in [0.1, 0.15) is 38.3 Å². The van der Waals surface area contributed by atoms with Gasteiger partial charge in [-0.3, -0.25) is 0 Å². The van der Waals surface area contributed by atoms with Gasteiger partial charge >= 0.3 is 0 Å². The maximum absolute atomic E-state index is 5.88. The predicted octanol–water partition coefficient (Wildman–Crippen LogP) is 2.58. The summed E-state index contributed by atoms with van der Waals surface area (Å²) in [7, 11) is 0. The number of hydrogen-bond donors (Lipinski definition) is 1. The summed E-state index contributed by atoms with van der Waals surface area (Å²) >= 11 is 5.20. The molecule has 118 valence electrons. The lowest BCUT2D eigenvalue weighted by Gasteiger charge is -2.26. The molecule has 0 saturated carbocycles.